The first-order valence-corrected chi connectivity index (χ1v) is 10.3. The van der Waals surface area contributed by atoms with Crippen LogP contribution in [0.4, 0.5) is 13.6 Å². The minimum Gasteiger partial charge on any atom is -0.335 e. The van der Waals surface area contributed by atoms with Crippen molar-refractivity contribution in [1.29, 1.82) is 0 Å². The average Bonchev–Trinajstić information content (AvgIpc) is 2.65. The van der Waals surface area contributed by atoms with Gasteiger partial charge in [-0.2, -0.15) is 4.31 Å². The van der Waals surface area contributed by atoms with Crippen molar-refractivity contribution in [2.75, 3.05) is 26.2 Å². The first kappa shape index (κ1) is 19.0. The average molecular weight is 387 g/mol. The van der Waals surface area contributed by atoms with Crippen LogP contribution in [-0.2, 0) is 10.0 Å². The van der Waals surface area contributed by atoms with Crippen LogP contribution < -0.4 is 5.32 Å². The van der Waals surface area contributed by atoms with Crippen molar-refractivity contribution in [2.24, 2.45) is 0 Å². The van der Waals surface area contributed by atoms with Gasteiger partial charge in [0.25, 0.3) is 0 Å². The standard InChI is InChI=1S/C17H23F2N3O3S/c18-15-7-6-14(12-16(15)19)26(24,25)22-10-8-21(9-11-22)17(23)20-13-4-2-1-3-5-13/h6-7,12-13H,1-5,8-11H2,(H,20,23). The quantitative estimate of drug-likeness (QED) is 0.865. The number of rotatable bonds is 3. The van der Waals surface area contributed by atoms with E-state index in [9.17, 15) is 22.0 Å². The van der Waals surface area contributed by atoms with E-state index in [1.54, 1.807) is 4.90 Å². The van der Waals surface area contributed by atoms with Crippen molar-refractivity contribution in [3.05, 3.63) is 29.8 Å². The summed E-state index contributed by atoms with van der Waals surface area (Å²) >= 11 is 0. The summed E-state index contributed by atoms with van der Waals surface area (Å²) in [7, 11) is -3.91. The Bertz CT molecular complexity index is 759. The highest BCUT2D eigenvalue weighted by Crippen LogP contribution is 2.21. The molecule has 0 spiro atoms. The molecule has 1 aromatic carbocycles. The molecule has 1 aliphatic heterocycles. The fourth-order valence-corrected chi connectivity index (χ4v) is 4.87. The largest absolute Gasteiger partial charge is 0.335 e. The zero-order valence-corrected chi connectivity index (χ0v) is 15.3. The lowest BCUT2D eigenvalue weighted by atomic mass is 9.96. The molecule has 0 aromatic heterocycles. The third-order valence-corrected chi connectivity index (χ3v) is 6.88. The maximum absolute atomic E-state index is 13.3. The number of halogens is 2. The minimum atomic E-state index is -3.91. The van der Waals surface area contributed by atoms with E-state index in [1.165, 1.54) is 10.7 Å². The molecule has 0 atom stereocenters. The van der Waals surface area contributed by atoms with Gasteiger partial charge in [-0.05, 0) is 31.0 Å². The van der Waals surface area contributed by atoms with Crippen LogP contribution in [0, 0.1) is 11.6 Å². The minimum absolute atomic E-state index is 0.124. The summed E-state index contributed by atoms with van der Waals surface area (Å²) in [5.74, 6) is -2.29. The van der Waals surface area contributed by atoms with E-state index in [1.807, 2.05) is 0 Å². The van der Waals surface area contributed by atoms with Crippen LogP contribution in [0.1, 0.15) is 32.1 Å². The van der Waals surface area contributed by atoms with Gasteiger partial charge in [-0.1, -0.05) is 19.3 Å². The highest BCUT2D eigenvalue weighted by atomic mass is 32.2. The van der Waals surface area contributed by atoms with Crippen molar-refractivity contribution in [1.82, 2.24) is 14.5 Å². The summed E-state index contributed by atoms with van der Waals surface area (Å²) in [4.78, 5) is 13.7. The van der Waals surface area contributed by atoms with Crippen LogP contribution in [-0.4, -0.2) is 55.9 Å². The van der Waals surface area contributed by atoms with Crippen LogP contribution >= 0.6 is 0 Å². The Balaban J connectivity index is 1.58. The van der Waals surface area contributed by atoms with Gasteiger partial charge in [0.2, 0.25) is 10.0 Å². The summed E-state index contributed by atoms with van der Waals surface area (Å²) in [6.07, 6.45) is 5.40. The van der Waals surface area contributed by atoms with Crippen molar-refractivity contribution in [2.45, 2.75) is 43.0 Å². The second-order valence-corrected chi connectivity index (χ2v) is 8.69. The molecule has 1 saturated carbocycles. The van der Waals surface area contributed by atoms with Gasteiger partial charge < -0.3 is 10.2 Å². The Kier molecular flexibility index (Phi) is 5.76. The molecular weight excluding hydrogens is 364 g/mol. The first-order valence-electron chi connectivity index (χ1n) is 8.88. The van der Waals surface area contributed by atoms with E-state index in [4.69, 9.17) is 0 Å². The number of nitrogens with one attached hydrogen (secondary N) is 1. The molecule has 2 amide bonds. The van der Waals surface area contributed by atoms with Gasteiger partial charge in [0.1, 0.15) is 0 Å². The fraction of sp³-hybridized carbons (Fsp3) is 0.588. The number of hydrogen-bond acceptors (Lipinski definition) is 3. The lowest BCUT2D eigenvalue weighted by Gasteiger charge is -2.35. The molecule has 0 bridgehead atoms. The summed E-state index contributed by atoms with van der Waals surface area (Å²) in [5.41, 5.74) is 0. The number of carbonyl (C=O) groups is 1. The lowest BCUT2D eigenvalue weighted by Crippen LogP contribution is -2.54. The highest BCUT2D eigenvalue weighted by molar-refractivity contribution is 7.89. The molecule has 3 rings (SSSR count). The van der Waals surface area contributed by atoms with Gasteiger partial charge in [-0.3, -0.25) is 0 Å². The number of hydrogen-bond donors (Lipinski definition) is 1. The van der Waals surface area contributed by atoms with Crippen LogP contribution in [0.5, 0.6) is 0 Å². The molecule has 1 saturated heterocycles. The molecule has 1 heterocycles. The fourth-order valence-electron chi connectivity index (χ4n) is 3.43. The normalized spacial score (nSPS) is 20.2. The summed E-state index contributed by atoms with van der Waals surface area (Å²) in [6.45, 7) is 0.780. The zero-order valence-electron chi connectivity index (χ0n) is 14.5. The molecule has 9 heteroatoms. The van der Waals surface area contributed by atoms with E-state index in [0.717, 1.165) is 37.8 Å². The van der Waals surface area contributed by atoms with Gasteiger partial charge in [-0.25, -0.2) is 22.0 Å². The van der Waals surface area contributed by atoms with Gasteiger partial charge in [0.15, 0.2) is 11.6 Å². The van der Waals surface area contributed by atoms with Gasteiger partial charge in [0, 0.05) is 32.2 Å². The van der Waals surface area contributed by atoms with E-state index in [0.29, 0.717) is 6.07 Å². The molecule has 6 nitrogen and oxygen atoms in total. The number of nitrogens with zero attached hydrogens (tertiary/aromatic N) is 2. The van der Waals surface area contributed by atoms with E-state index in [-0.39, 0.29) is 43.1 Å². The van der Waals surface area contributed by atoms with Gasteiger partial charge in [-0.15, -0.1) is 0 Å². The van der Waals surface area contributed by atoms with Crippen molar-refractivity contribution < 1.29 is 22.0 Å². The monoisotopic (exact) mass is 387 g/mol. The first-order chi connectivity index (χ1) is 12.4. The molecule has 0 unspecified atom stereocenters. The zero-order chi connectivity index (χ0) is 18.7. The van der Waals surface area contributed by atoms with E-state index < -0.39 is 21.7 Å². The predicted octanol–water partition coefficient (Wildman–Crippen LogP) is 2.31. The number of benzene rings is 1. The molecule has 1 aromatic rings. The Labute approximate surface area is 152 Å². The topological polar surface area (TPSA) is 69.7 Å². The second-order valence-electron chi connectivity index (χ2n) is 6.75. The van der Waals surface area contributed by atoms with Crippen molar-refractivity contribution >= 4 is 16.1 Å². The van der Waals surface area contributed by atoms with Crippen LogP contribution in [0.25, 0.3) is 0 Å². The Morgan fingerprint density at radius 2 is 1.65 bits per heavy atom. The summed E-state index contributed by atoms with van der Waals surface area (Å²) < 4.78 is 52.7. The SMILES string of the molecule is O=C(NC1CCCCC1)N1CCN(S(=O)(=O)c2ccc(F)c(F)c2)CC1. The number of sulfonamides is 1. The maximum atomic E-state index is 13.3. The summed E-state index contributed by atoms with van der Waals surface area (Å²) in [6, 6.07) is 2.57. The Morgan fingerprint density at radius 1 is 1.00 bits per heavy atom. The van der Waals surface area contributed by atoms with Crippen molar-refractivity contribution in [3.63, 3.8) is 0 Å². The number of urea groups is 1. The lowest BCUT2D eigenvalue weighted by molar-refractivity contribution is 0.166. The number of carbonyl (C=O) groups excluding carboxylic acids is 1. The van der Waals surface area contributed by atoms with Gasteiger partial charge in [0.05, 0.1) is 4.90 Å². The molecule has 144 valence electrons. The number of piperazine rings is 1. The maximum Gasteiger partial charge on any atom is 0.317 e. The molecule has 2 aliphatic rings. The third kappa shape index (κ3) is 4.15. The van der Waals surface area contributed by atoms with Gasteiger partial charge >= 0.3 is 6.03 Å². The molecule has 1 N–H and O–H groups in total. The Morgan fingerprint density at radius 3 is 2.27 bits per heavy atom. The van der Waals surface area contributed by atoms with Crippen LogP contribution in [0.3, 0.4) is 0 Å². The summed E-state index contributed by atoms with van der Waals surface area (Å²) in [5, 5.41) is 3.02. The van der Waals surface area contributed by atoms with Crippen molar-refractivity contribution in [3.8, 4) is 0 Å². The molecular formula is C17H23F2N3O3S. The highest BCUT2D eigenvalue weighted by Gasteiger charge is 2.31. The van der Waals surface area contributed by atoms with E-state index in [2.05, 4.69) is 5.32 Å². The second kappa shape index (κ2) is 7.87. The molecule has 2 fully saturated rings. The molecule has 1 aliphatic carbocycles. The van der Waals surface area contributed by atoms with Crippen LogP contribution in [0.15, 0.2) is 23.1 Å². The molecule has 0 radical (unpaired) electrons. The van der Waals surface area contributed by atoms with E-state index >= 15 is 0 Å². The third-order valence-electron chi connectivity index (χ3n) is 4.99. The predicted molar refractivity (Wildman–Crippen MR) is 92.1 cm³/mol. The number of amides is 2. The van der Waals surface area contributed by atoms with Crippen LogP contribution in [0.2, 0.25) is 0 Å². The molecule has 26 heavy (non-hydrogen) atoms. The smallest absolute Gasteiger partial charge is 0.317 e. The Hall–Kier alpha value is -1.74.